The molecule has 0 bridgehead atoms. The molecule has 0 aliphatic rings. The maximum Gasteiger partial charge on any atom is 0.0473 e. The van der Waals surface area contributed by atoms with Gasteiger partial charge in [-0.1, -0.05) is 6.08 Å². The van der Waals surface area contributed by atoms with Crippen molar-refractivity contribution in [2.24, 2.45) is 5.16 Å². The molecule has 0 radical (unpaired) electrons. The highest BCUT2D eigenvalue weighted by molar-refractivity contribution is 5.57. The van der Waals surface area contributed by atoms with E-state index >= 15 is 0 Å². The fourth-order valence-electron chi connectivity index (χ4n) is 0.122. The van der Waals surface area contributed by atoms with Crippen molar-refractivity contribution in [1.82, 2.24) is 0 Å². The van der Waals surface area contributed by atoms with E-state index in [9.17, 15) is 0 Å². The monoisotopic (exact) mass is 85.1 g/mol. The van der Waals surface area contributed by atoms with Gasteiger partial charge in [0.05, 0.1) is 0 Å². The molecule has 2 heteroatoms. The van der Waals surface area contributed by atoms with Gasteiger partial charge in [0.15, 0.2) is 0 Å². The number of hydrogen-bond donors (Lipinski definition) is 1. The van der Waals surface area contributed by atoms with Crippen LogP contribution in [0, 0.1) is 0 Å². The van der Waals surface area contributed by atoms with Crippen molar-refractivity contribution >= 4 is 6.21 Å². The van der Waals surface area contributed by atoms with E-state index in [1.165, 1.54) is 6.21 Å². The number of allylic oxidation sites excluding steroid dienone is 1. The van der Waals surface area contributed by atoms with Gasteiger partial charge >= 0.3 is 0 Å². The standard InChI is InChI=1S/C4H7NO/c1-2-3-4-5-6/h2,4,6H,1,3H2/b5-4+. The second-order valence-electron chi connectivity index (χ2n) is 0.822. The summed E-state index contributed by atoms with van der Waals surface area (Å²) in [4.78, 5) is 0. The molecule has 6 heavy (non-hydrogen) atoms. The quantitative estimate of drug-likeness (QED) is 0.231. The number of rotatable bonds is 2. The van der Waals surface area contributed by atoms with Gasteiger partial charge in [-0.05, 0) is 0 Å². The molecule has 0 rings (SSSR count). The van der Waals surface area contributed by atoms with Gasteiger partial charge in [-0.15, -0.1) is 11.7 Å². The predicted molar refractivity (Wildman–Crippen MR) is 25.1 cm³/mol. The van der Waals surface area contributed by atoms with E-state index in [-0.39, 0.29) is 0 Å². The molecule has 0 aromatic heterocycles. The first-order valence-corrected chi connectivity index (χ1v) is 1.68. The summed E-state index contributed by atoms with van der Waals surface area (Å²) >= 11 is 0. The number of nitrogens with zero attached hydrogens (tertiary/aromatic N) is 1. The molecular formula is C4H7NO. The third kappa shape index (κ3) is 3.21. The Balaban J connectivity index is 2.85. The van der Waals surface area contributed by atoms with Crippen LogP contribution >= 0.6 is 0 Å². The second kappa shape index (κ2) is 4.21. The molecule has 0 amide bonds. The minimum absolute atomic E-state index is 0.635. The summed E-state index contributed by atoms with van der Waals surface area (Å²) in [6.07, 6.45) is 3.66. The molecule has 0 saturated carbocycles. The average molecular weight is 85.1 g/mol. The van der Waals surface area contributed by atoms with Crippen LogP contribution in [0.3, 0.4) is 0 Å². The fourth-order valence-corrected chi connectivity index (χ4v) is 0.122. The van der Waals surface area contributed by atoms with Crippen LogP contribution < -0.4 is 0 Å². The average Bonchev–Trinajstić information content (AvgIpc) is 1.61. The van der Waals surface area contributed by atoms with Gasteiger partial charge in [-0.25, -0.2) is 0 Å². The molecular weight excluding hydrogens is 78.0 g/mol. The molecule has 34 valence electrons. The summed E-state index contributed by atoms with van der Waals surface area (Å²) in [6, 6.07) is 0. The van der Waals surface area contributed by atoms with E-state index in [0.717, 1.165) is 0 Å². The van der Waals surface area contributed by atoms with Crippen molar-refractivity contribution in [3.05, 3.63) is 12.7 Å². The summed E-state index contributed by atoms with van der Waals surface area (Å²) in [6.45, 7) is 3.40. The lowest BCUT2D eigenvalue weighted by atomic mass is 10.5. The molecule has 0 aromatic carbocycles. The van der Waals surface area contributed by atoms with Gasteiger partial charge in [0.1, 0.15) is 0 Å². The zero-order chi connectivity index (χ0) is 4.83. The second-order valence-corrected chi connectivity index (χ2v) is 0.822. The maximum absolute atomic E-state index is 7.72. The smallest absolute Gasteiger partial charge is 0.0473 e. The SMILES string of the molecule is C=CC/C=N/O. The van der Waals surface area contributed by atoms with E-state index in [2.05, 4.69) is 11.7 Å². The fraction of sp³-hybridized carbons (Fsp3) is 0.250. The lowest BCUT2D eigenvalue weighted by Gasteiger charge is -1.68. The highest BCUT2D eigenvalue weighted by Crippen LogP contribution is 1.68. The first kappa shape index (κ1) is 5.21. The predicted octanol–water partition coefficient (Wildman–Crippen LogP) is 1.02. The van der Waals surface area contributed by atoms with Crippen LogP contribution in [-0.2, 0) is 0 Å². The molecule has 0 heterocycles. The van der Waals surface area contributed by atoms with Crippen LogP contribution in [0.15, 0.2) is 17.8 Å². The first-order chi connectivity index (χ1) is 2.91. The van der Waals surface area contributed by atoms with Crippen molar-refractivity contribution in [2.75, 3.05) is 0 Å². The summed E-state index contributed by atoms with van der Waals surface area (Å²) in [5.74, 6) is 0. The first-order valence-electron chi connectivity index (χ1n) is 1.68. The van der Waals surface area contributed by atoms with E-state index in [1.807, 2.05) is 0 Å². The highest BCUT2D eigenvalue weighted by atomic mass is 16.4. The van der Waals surface area contributed by atoms with Gasteiger partial charge < -0.3 is 5.21 Å². The Morgan fingerprint density at radius 1 is 1.83 bits per heavy atom. The van der Waals surface area contributed by atoms with Gasteiger partial charge in [0.2, 0.25) is 0 Å². The van der Waals surface area contributed by atoms with E-state index in [4.69, 9.17) is 5.21 Å². The van der Waals surface area contributed by atoms with Gasteiger partial charge in [0, 0.05) is 12.6 Å². The van der Waals surface area contributed by atoms with Crippen molar-refractivity contribution < 1.29 is 5.21 Å². The van der Waals surface area contributed by atoms with Crippen LogP contribution in [-0.4, -0.2) is 11.4 Å². The van der Waals surface area contributed by atoms with Gasteiger partial charge in [-0.3, -0.25) is 0 Å². The topological polar surface area (TPSA) is 32.6 Å². The Bertz CT molecular complexity index is 58.6. The molecule has 2 nitrogen and oxygen atoms in total. The molecule has 0 fully saturated rings. The molecule has 0 aliphatic carbocycles. The molecule has 0 atom stereocenters. The van der Waals surface area contributed by atoms with Crippen molar-refractivity contribution in [3.63, 3.8) is 0 Å². The minimum Gasteiger partial charge on any atom is -0.411 e. The van der Waals surface area contributed by atoms with Crippen molar-refractivity contribution in [3.8, 4) is 0 Å². The maximum atomic E-state index is 7.72. The summed E-state index contributed by atoms with van der Waals surface area (Å²) in [5.41, 5.74) is 0. The minimum atomic E-state index is 0.635. The van der Waals surface area contributed by atoms with Crippen LogP contribution in [0.2, 0.25) is 0 Å². The highest BCUT2D eigenvalue weighted by Gasteiger charge is 1.60. The summed E-state index contributed by atoms with van der Waals surface area (Å²) in [5, 5.41) is 10.4. The van der Waals surface area contributed by atoms with Gasteiger partial charge in [-0.2, -0.15) is 0 Å². The third-order valence-corrected chi connectivity index (χ3v) is 0.354. The van der Waals surface area contributed by atoms with Crippen LogP contribution in [0.5, 0.6) is 0 Å². The third-order valence-electron chi connectivity index (χ3n) is 0.354. The zero-order valence-electron chi connectivity index (χ0n) is 3.46. The summed E-state index contributed by atoms with van der Waals surface area (Å²) in [7, 11) is 0. The largest absolute Gasteiger partial charge is 0.411 e. The number of oxime groups is 1. The van der Waals surface area contributed by atoms with E-state index in [0.29, 0.717) is 6.42 Å². The molecule has 0 unspecified atom stereocenters. The van der Waals surface area contributed by atoms with Crippen LogP contribution in [0.1, 0.15) is 6.42 Å². The molecule has 0 aromatic rings. The normalized spacial score (nSPS) is 9.33. The van der Waals surface area contributed by atoms with Gasteiger partial charge in [0.25, 0.3) is 0 Å². The van der Waals surface area contributed by atoms with Crippen molar-refractivity contribution in [2.45, 2.75) is 6.42 Å². The molecule has 1 N–H and O–H groups in total. The number of hydrogen-bond acceptors (Lipinski definition) is 2. The Labute approximate surface area is 36.8 Å². The lowest BCUT2D eigenvalue weighted by molar-refractivity contribution is 0.321. The molecule has 0 saturated heterocycles. The molecule has 0 spiro atoms. The van der Waals surface area contributed by atoms with E-state index in [1.54, 1.807) is 6.08 Å². The van der Waals surface area contributed by atoms with E-state index < -0.39 is 0 Å². The lowest BCUT2D eigenvalue weighted by Crippen LogP contribution is -1.64. The van der Waals surface area contributed by atoms with Crippen LogP contribution in [0.25, 0.3) is 0 Å². The Kier molecular flexibility index (Phi) is 3.66. The Morgan fingerprint density at radius 3 is 2.67 bits per heavy atom. The molecule has 0 aliphatic heterocycles. The zero-order valence-corrected chi connectivity index (χ0v) is 3.46. The van der Waals surface area contributed by atoms with Crippen LogP contribution in [0.4, 0.5) is 0 Å². The van der Waals surface area contributed by atoms with Crippen molar-refractivity contribution in [1.29, 1.82) is 0 Å². The summed E-state index contributed by atoms with van der Waals surface area (Å²) < 4.78 is 0. The Hall–Kier alpha value is -0.790. The Morgan fingerprint density at radius 2 is 2.50 bits per heavy atom.